The summed E-state index contributed by atoms with van der Waals surface area (Å²) in [6, 6.07) is 9.77. The standard InChI is InChI=1S/C24H19F4N3O3/c1-13-20-18(30-31-22(32)16-8-2-3-9-17(16)25)10-5-11-19(20)34-21(13)23(33)29-15-7-4-6-14(12-15)24(26,27)28/h2-4,6-9,12H,5,10-11H2,1H3,(H,29,33)(H,31,32)/b30-18+. The molecule has 34 heavy (non-hydrogen) atoms. The van der Waals surface area contributed by atoms with Gasteiger partial charge in [-0.15, -0.1) is 0 Å². The molecule has 0 fully saturated rings. The number of rotatable bonds is 4. The minimum absolute atomic E-state index is 0.0281. The van der Waals surface area contributed by atoms with E-state index in [2.05, 4.69) is 15.8 Å². The van der Waals surface area contributed by atoms with Crippen molar-refractivity contribution in [1.82, 2.24) is 5.43 Å². The van der Waals surface area contributed by atoms with Crippen LogP contribution in [0.4, 0.5) is 23.2 Å². The van der Waals surface area contributed by atoms with E-state index in [4.69, 9.17) is 4.42 Å². The van der Waals surface area contributed by atoms with Crippen LogP contribution in [0.15, 0.2) is 58.0 Å². The van der Waals surface area contributed by atoms with Crippen molar-refractivity contribution in [1.29, 1.82) is 0 Å². The lowest BCUT2D eigenvalue weighted by Gasteiger charge is -2.13. The van der Waals surface area contributed by atoms with Crippen LogP contribution in [0.1, 0.15) is 56.2 Å². The van der Waals surface area contributed by atoms with Crippen molar-refractivity contribution in [2.24, 2.45) is 5.10 Å². The Morgan fingerprint density at radius 2 is 1.79 bits per heavy atom. The molecule has 6 nitrogen and oxygen atoms in total. The molecule has 1 aliphatic carbocycles. The van der Waals surface area contributed by atoms with Crippen molar-refractivity contribution in [3.8, 4) is 0 Å². The number of aryl methyl sites for hydroxylation is 1. The highest BCUT2D eigenvalue weighted by atomic mass is 19.4. The molecule has 2 aromatic carbocycles. The van der Waals surface area contributed by atoms with Crippen molar-refractivity contribution in [3.63, 3.8) is 0 Å². The third kappa shape index (κ3) is 4.70. The van der Waals surface area contributed by atoms with Crippen molar-refractivity contribution >= 4 is 23.2 Å². The zero-order valence-corrected chi connectivity index (χ0v) is 17.9. The number of nitrogens with zero attached hydrogens (tertiary/aromatic N) is 1. The minimum atomic E-state index is -4.54. The molecular formula is C24H19F4N3O3. The first-order valence-electron chi connectivity index (χ1n) is 10.4. The number of furan rings is 1. The van der Waals surface area contributed by atoms with Gasteiger partial charge in [0, 0.05) is 23.2 Å². The number of amides is 2. The van der Waals surface area contributed by atoms with Crippen molar-refractivity contribution < 1.29 is 31.6 Å². The van der Waals surface area contributed by atoms with Gasteiger partial charge >= 0.3 is 6.18 Å². The van der Waals surface area contributed by atoms with Gasteiger partial charge in [-0.3, -0.25) is 9.59 Å². The molecule has 0 bridgehead atoms. The van der Waals surface area contributed by atoms with Gasteiger partial charge < -0.3 is 9.73 Å². The van der Waals surface area contributed by atoms with Crippen LogP contribution in [-0.4, -0.2) is 17.5 Å². The fraction of sp³-hybridized carbons (Fsp3) is 0.208. The van der Waals surface area contributed by atoms with Crippen molar-refractivity contribution in [2.75, 3.05) is 5.32 Å². The number of hydrogen-bond donors (Lipinski definition) is 2. The number of benzene rings is 2. The van der Waals surface area contributed by atoms with Gasteiger partial charge in [-0.1, -0.05) is 18.2 Å². The molecular weight excluding hydrogens is 454 g/mol. The van der Waals surface area contributed by atoms with E-state index in [9.17, 15) is 27.2 Å². The third-order valence-electron chi connectivity index (χ3n) is 5.39. The molecule has 1 aliphatic rings. The Morgan fingerprint density at radius 3 is 2.53 bits per heavy atom. The first-order valence-corrected chi connectivity index (χ1v) is 10.4. The van der Waals surface area contributed by atoms with Gasteiger partial charge in [-0.25, -0.2) is 9.82 Å². The average Bonchev–Trinajstić information content (AvgIpc) is 3.14. The first kappa shape index (κ1) is 23.2. The molecule has 0 unspecified atom stereocenters. The lowest BCUT2D eigenvalue weighted by atomic mass is 9.93. The summed E-state index contributed by atoms with van der Waals surface area (Å²) in [5.41, 5.74) is 2.72. The van der Waals surface area contributed by atoms with Gasteiger partial charge in [0.1, 0.15) is 11.6 Å². The molecule has 1 heterocycles. The second kappa shape index (κ2) is 9.12. The zero-order chi connectivity index (χ0) is 24.5. The maximum Gasteiger partial charge on any atom is 0.416 e. The smallest absolute Gasteiger partial charge is 0.416 e. The molecule has 1 aromatic heterocycles. The molecule has 0 radical (unpaired) electrons. The first-order chi connectivity index (χ1) is 16.1. The van der Waals surface area contributed by atoms with Crippen LogP contribution in [0.3, 0.4) is 0 Å². The number of carbonyl (C=O) groups excluding carboxylic acids is 2. The highest BCUT2D eigenvalue weighted by molar-refractivity contribution is 6.09. The minimum Gasteiger partial charge on any atom is -0.455 e. The fourth-order valence-electron chi connectivity index (χ4n) is 3.78. The Kier molecular flexibility index (Phi) is 6.23. The Balaban J connectivity index is 1.57. The summed E-state index contributed by atoms with van der Waals surface area (Å²) in [7, 11) is 0. The van der Waals surface area contributed by atoms with E-state index in [1.54, 1.807) is 6.92 Å². The van der Waals surface area contributed by atoms with Gasteiger partial charge in [0.15, 0.2) is 5.76 Å². The van der Waals surface area contributed by atoms with Crippen LogP contribution >= 0.6 is 0 Å². The van der Waals surface area contributed by atoms with Crippen LogP contribution in [0.2, 0.25) is 0 Å². The lowest BCUT2D eigenvalue weighted by Crippen LogP contribution is -2.23. The quantitative estimate of drug-likeness (QED) is 0.390. The maximum atomic E-state index is 13.8. The number of nitrogens with one attached hydrogen (secondary N) is 2. The largest absolute Gasteiger partial charge is 0.455 e. The summed E-state index contributed by atoms with van der Waals surface area (Å²) < 4.78 is 58.4. The number of carbonyl (C=O) groups is 2. The summed E-state index contributed by atoms with van der Waals surface area (Å²) in [4.78, 5) is 25.1. The fourth-order valence-corrected chi connectivity index (χ4v) is 3.78. The van der Waals surface area contributed by atoms with Crippen molar-refractivity contribution in [2.45, 2.75) is 32.4 Å². The highest BCUT2D eigenvalue weighted by Crippen LogP contribution is 2.32. The molecule has 0 aliphatic heterocycles. The summed E-state index contributed by atoms with van der Waals surface area (Å²) in [5.74, 6) is -1.69. The number of hydrazone groups is 1. The van der Waals surface area contributed by atoms with E-state index < -0.39 is 29.4 Å². The van der Waals surface area contributed by atoms with E-state index in [1.165, 1.54) is 30.3 Å². The van der Waals surface area contributed by atoms with Gasteiger partial charge in [0.25, 0.3) is 11.8 Å². The zero-order valence-electron chi connectivity index (χ0n) is 17.9. The molecule has 0 saturated carbocycles. The van der Waals surface area contributed by atoms with Crippen LogP contribution < -0.4 is 10.7 Å². The Morgan fingerprint density at radius 1 is 1.03 bits per heavy atom. The second-order valence-electron chi connectivity index (χ2n) is 7.72. The second-order valence-corrected chi connectivity index (χ2v) is 7.72. The summed E-state index contributed by atoms with van der Waals surface area (Å²) in [6.07, 6.45) is -2.89. The lowest BCUT2D eigenvalue weighted by molar-refractivity contribution is -0.137. The van der Waals surface area contributed by atoms with Gasteiger partial charge in [0.05, 0.1) is 16.8 Å². The van der Waals surface area contributed by atoms with Gasteiger partial charge in [-0.05, 0) is 50.1 Å². The third-order valence-corrected chi connectivity index (χ3v) is 5.39. The Bertz CT molecular complexity index is 1290. The maximum absolute atomic E-state index is 13.8. The highest BCUT2D eigenvalue weighted by Gasteiger charge is 2.31. The summed E-state index contributed by atoms with van der Waals surface area (Å²) in [6.45, 7) is 1.63. The Hall–Kier alpha value is -3.95. The molecule has 0 atom stereocenters. The van der Waals surface area contributed by atoms with Gasteiger partial charge in [-0.2, -0.15) is 18.3 Å². The monoisotopic (exact) mass is 473 g/mol. The molecule has 4 rings (SSSR count). The average molecular weight is 473 g/mol. The van der Waals surface area contributed by atoms with Crippen LogP contribution in [-0.2, 0) is 12.6 Å². The summed E-state index contributed by atoms with van der Waals surface area (Å²) in [5, 5.41) is 6.56. The molecule has 0 saturated heterocycles. The van der Waals surface area contributed by atoms with E-state index in [-0.39, 0.29) is 17.0 Å². The topological polar surface area (TPSA) is 83.7 Å². The van der Waals surface area contributed by atoms with E-state index in [0.717, 1.165) is 18.2 Å². The van der Waals surface area contributed by atoms with Crippen LogP contribution in [0, 0.1) is 12.7 Å². The van der Waals surface area contributed by atoms with Gasteiger partial charge in [0.2, 0.25) is 0 Å². The molecule has 2 N–H and O–H groups in total. The van der Waals surface area contributed by atoms with Crippen LogP contribution in [0.25, 0.3) is 0 Å². The number of alkyl halides is 3. The number of hydrogen-bond acceptors (Lipinski definition) is 4. The number of halogens is 4. The molecule has 2 amide bonds. The predicted molar refractivity (Wildman–Crippen MR) is 116 cm³/mol. The SMILES string of the molecule is Cc1c(C(=O)Nc2cccc(C(F)(F)F)c2)oc2c1/C(=N/NC(=O)c1ccccc1F)CCC2. The molecule has 0 spiro atoms. The predicted octanol–water partition coefficient (Wildman–Crippen LogP) is 5.47. The van der Waals surface area contributed by atoms with E-state index in [1.807, 2.05) is 0 Å². The molecule has 10 heteroatoms. The van der Waals surface area contributed by atoms with Crippen molar-refractivity contribution in [3.05, 3.63) is 88.1 Å². The molecule has 176 valence electrons. The van der Waals surface area contributed by atoms with E-state index in [0.29, 0.717) is 41.9 Å². The molecule has 3 aromatic rings. The number of anilines is 1. The number of fused-ring (bicyclic) bond motifs is 1. The van der Waals surface area contributed by atoms with Crippen LogP contribution in [0.5, 0.6) is 0 Å². The normalized spacial score (nSPS) is 14.6. The van der Waals surface area contributed by atoms with E-state index >= 15 is 0 Å². The Labute approximate surface area is 191 Å². The summed E-state index contributed by atoms with van der Waals surface area (Å²) >= 11 is 0.